The molecule has 0 spiro atoms. The summed E-state index contributed by atoms with van der Waals surface area (Å²) < 4.78 is 11.0. The number of furan rings is 1. The summed E-state index contributed by atoms with van der Waals surface area (Å²) >= 11 is 1.33. The number of carbonyl (C=O) groups excluding carboxylic acids is 2. The molecule has 1 aromatic carbocycles. The molecule has 1 fully saturated rings. The number of hydrogen-bond acceptors (Lipinski definition) is 5. The Bertz CT molecular complexity index is 969. The number of ether oxygens (including phenoxy) is 1. The Kier molecular flexibility index (Phi) is 4.48. The first-order valence-corrected chi connectivity index (χ1v) is 9.27. The zero-order chi connectivity index (χ0) is 18.1. The highest BCUT2D eigenvalue weighted by atomic mass is 32.1. The van der Waals surface area contributed by atoms with Gasteiger partial charge in [-0.2, -0.15) is 0 Å². The second-order valence-electron chi connectivity index (χ2n) is 6.07. The number of benzene rings is 1. The summed E-state index contributed by atoms with van der Waals surface area (Å²) in [6.07, 6.45) is 0. The second-order valence-corrected chi connectivity index (χ2v) is 6.99. The zero-order valence-electron chi connectivity index (χ0n) is 14.3. The molecule has 0 radical (unpaired) electrons. The maximum absolute atomic E-state index is 12.7. The molecule has 2 aromatic heterocycles. The van der Waals surface area contributed by atoms with E-state index in [1.54, 1.807) is 16.3 Å². The number of anilines is 1. The maximum Gasteiger partial charge on any atom is 0.292 e. The number of hydrogen-bond donors (Lipinski definition) is 1. The second kappa shape index (κ2) is 6.93. The standard InChI is InChI=1S/C19H18N2O4S/c1-12-13-4-2-3-5-15(13)25-16(12)17(22)20-18-14(6-11-26-18)19(23)21-7-9-24-10-8-21/h2-6,11H,7-10H2,1H3,(H,20,22). The highest BCUT2D eigenvalue weighted by Crippen LogP contribution is 2.29. The van der Waals surface area contributed by atoms with Crippen molar-refractivity contribution in [2.45, 2.75) is 6.92 Å². The molecular weight excluding hydrogens is 352 g/mol. The van der Waals surface area contributed by atoms with Gasteiger partial charge >= 0.3 is 0 Å². The maximum atomic E-state index is 12.7. The number of amides is 2. The van der Waals surface area contributed by atoms with E-state index in [4.69, 9.17) is 9.15 Å². The smallest absolute Gasteiger partial charge is 0.292 e. The van der Waals surface area contributed by atoms with Crippen molar-refractivity contribution in [2.24, 2.45) is 0 Å². The Hall–Kier alpha value is -2.64. The van der Waals surface area contributed by atoms with Crippen LogP contribution < -0.4 is 5.32 Å². The summed E-state index contributed by atoms with van der Waals surface area (Å²) in [5, 5.41) is 6.08. The minimum absolute atomic E-state index is 0.0915. The molecule has 3 aromatic rings. The van der Waals surface area contributed by atoms with Crippen molar-refractivity contribution in [3.8, 4) is 0 Å². The summed E-state index contributed by atoms with van der Waals surface area (Å²) in [5.74, 6) is -0.173. The van der Waals surface area contributed by atoms with Crippen molar-refractivity contribution in [2.75, 3.05) is 31.6 Å². The Morgan fingerprint density at radius 3 is 2.69 bits per heavy atom. The molecule has 1 saturated heterocycles. The number of morpholine rings is 1. The quantitative estimate of drug-likeness (QED) is 0.766. The van der Waals surface area contributed by atoms with Crippen LogP contribution in [0.15, 0.2) is 40.1 Å². The van der Waals surface area contributed by atoms with Gasteiger partial charge in [0.1, 0.15) is 10.6 Å². The first-order valence-electron chi connectivity index (χ1n) is 8.39. The number of nitrogens with one attached hydrogen (secondary N) is 1. The van der Waals surface area contributed by atoms with Crippen LogP contribution in [0.25, 0.3) is 11.0 Å². The number of carbonyl (C=O) groups is 2. The third kappa shape index (κ3) is 3.00. The summed E-state index contributed by atoms with van der Waals surface area (Å²) in [6, 6.07) is 9.26. The fraction of sp³-hybridized carbons (Fsp3) is 0.263. The Balaban J connectivity index is 1.57. The van der Waals surface area contributed by atoms with E-state index in [2.05, 4.69) is 5.32 Å². The third-order valence-electron chi connectivity index (χ3n) is 4.47. The van der Waals surface area contributed by atoms with E-state index in [9.17, 15) is 9.59 Å². The lowest BCUT2D eigenvalue weighted by Gasteiger charge is -2.26. The van der Waals surface area contributed by atoms with Gasteiger partial charge in [0.05, 0.1) is 18.8 Å². The number of nitrogens with zero attached hydrogens (tertiary/aromatic N) is 1. The minimum Gasteiger partial charge on any atom is -0.451 e. The fourth-order valence-electron chi connectivity index (χ4n) is 3.06. The predicted octanol–water partition coefficient (Wildman–Crippen LogP) is 3.53. The van der Waals surface area contributed by atoms with Gasteiger partial charge < -0.3 is 19.4 Å². The van der Waals surface area contributed by atoms with E-state index in [-0.39, 0.29) is 17.6 Å². The van der Waals surface area contributed by atoms with Crippen LogP contribution in [0.1, 0.15) is 26.5 Å². The molecule has 6 nitrogen and oxygen atoms in total. The summed E-state index contributed by atoms with van der Waals surface area (Å²) in [6.45, 7) is 4.05. The predicted molar refractivity (Wildman–Crippen MR) is 99.9 cm³/mol. The largest absolute Gasteiger partial charge is 0.451 e. The topological polar surface area (TPSA) is 71.8 Å². The van der Waals surface area contributed by atoms with Crippen LogP contribution in [0.5, 0.6) is 0 Å². The number of thiophene rings is 1. The van der Waals surface area contributed by atoms with Crippen molar-refractivity contribution in [1.82, 2.24) is 4.90 Å². The lowest BCUT2D eigenvalue weighted by Crippen LogP contribution is -2.40. The highest BCUT2D eigenvalue weighted by molar-refractivity contribution is 7.14. The number of aryl methyl sites for hydroxylation is 1. The van der Waals surface area contributed by atoms with Crippen LogP contribution >= 0.6 is 11.3 Å². The molecule has 0 atom stereocenters. The lowest BCUT2D eigenvalue weighted by molar-refractivity contribution is 0.0304. The van der Waals surface area contributed by atoms with Crippen molar-refractivity contribution < 1.29 is 18.7 Å². The monoisotopic (exact) mass is 370 g/mol. The van der Waals surface area contributed by atoms with E-state index in [1.165, 1.54) is 11.3 Å². The first-order chi connectivity index (χ1) is 12.6. The molecule has 3 heterocycles. The molecular formula is C19H18N2O4S. The lowest BCUT2D eigenvalue weighted by atomic mass is 10.1. The van der Waals surface area contributed by atoms with Crippen LogP contribution in [-0.4, -0.2) is 43.0 Å². The Morgan fingerprint density at radius 2 is 1.92 bits per heavy atom. The van der Waals surface area contributed by atoms with Gasteiger partial charge in [-0.15, -0.1) is 11.3 Å². The normalized spacial score (nSPS) is 14.6. The van der Waals surface area contributed by atoms with Crippen LogP contribution in [0, 0.1) is 6.92 Å². The van der Waals surface area contributed by atoms with E-state index in [1.807, 2.05) is 31.2 Å². The number of para-hydroxylation sites is 1. The van der Waals surface area contributed by atoms with Crippen molar-refractivity contribution in [3.05, 3.63) is 52.6 Å². The van der Waals surface area contributed by atoms with Crippen LogP contribution in [0.4, 0.5) is 5.00 Å². The van der Waals surface area contributed by atoms with Crippen molar-refractivity contribution >= 4 is 39.1 Å². The molecule has 0 saturated carbocycles. The zero-order valence-corrected chi connectivity index (χ0v) is 15.1. The fourth-order valence-corrected chi connectivity index (χ4v) is 3.84. The molecule has 7 heteroatoms. The summed E-state index contributed by atoms with van der Waals surface area (Å²) in [5.41, 5.74) is 1.96. The van der Waals surface area contributed by atoms with E-state index in [0.717, 1.165) is 10.9 Å². The van der Waals surface area contributed by atoms with Gasteiger partial charge in [0.2, 0.25) is 0 Å². The summed E-state index contributed by atoms with van der Waals surface area (Å²) in [4.78, 5) is 27.2. The van der Waals surface area contributed by atoms with Crippen molar-refractivity contribution in [1.29, 1.82) is 0 Å². The Morgan fingerprint density at radius 1 is 1.15 bits per heavy atom. The average molecular weight is 370 g/mol. The molecule has 0 unspecified atom stereocenters. The first kappa shape index (κ1) is 16.8. The van der Waals surface area contributed by atoms with Gasteiger partial charge in [0, 0.05) is 24.0 Å². The highest BCUT2D eigenvalue weighted by Gasteiger charge is 2.24. The average Bonchev–Trinajstić information content (AvgIpc) is 3.27. The molecule has 0 aliphatic carbocycles. The molecule has 26 heavy (non-hydrogen) atoms. The van der Waals surface area contributed by atoms with E-state index in [0.29, 0.717) is 42.5 Å². The molecule has 4 rings (SSSR count). The number of rotatable bonds is 3. The van der Waals surface area contributed by atoms with E-state index < -0.39 is 0 Å². The summed E-state index contributed by atoms with van der Waals surface area (Å²) in [7, 11) is 0. The Labute approximate surface area is 154 Å². The molecule has 0 bridgehead atoms. The molecule has 2 amide bonds. The minimum atomic E-state index is -0.350. The third-order valence-corrected chi connectivity index (χ3v) is 5.30. The van der Waals surface area contributed by atoms with Gasteiger partial charge in [-0.1, -0.05) is 18.2 Å². The van der Waals surface area contributed by atoms with Gasteiger partial charge in [0.15, 0.2) is 5.76 Å². The van der Waals surface area contributed by atoms with Crippen LogP contribution in [0.2, 0.25) is 0 Å². The van der Waals surface area contributed by atoms with Gasteiger partial charge in [-0.25, -0.2) is 0 Å². The molecule has 1 aliphatic heterocycles. The number of fused-ring (bicyclic) bond motifs is 1. The molecule has 1 N–H and O–H groups in total. The van der Waals surface area contributed by atoms with Gasteiger partial charge in [-0.05, 0) is 24.4 Å². The molecule has 1 aliphatic rings. The van der Waals surface area contributed by atoms with Crippen LogP contribution in [-0.2, 0) is 4.74 Å². The van der Waals surface area contributed by atoms with Crippen LogP contribution in [0.3, 0.4) is 0 Å². The SMILES string of the molecule is Cc1c(C(=O)Nc2sccc2C(=O)N2CCOCC2)oc2ccccc12. The van der Waals surface area contributed by atoms with Gasteiger partial charge in [0.25, 0.3) is 11.8 Å². The van der Waals surface area contributed by atoms with E-state index >= 15 is 0 Å². The van der Waals surface area contributed by atoms with Gasteiger partial charge in [-0.3, -0.25) is 9.59 Å². The van der Waals surface area contributed by atoms with Crippen molar-refractivity contribution in [3.63, 3.8) is 0 Å². The molecule has 134 valence electrons.